The van der Waals surface area contributed by atoms with Crippen molar-refractivity contribution in [2.75, 3.05) is 19.1 Å². The molecule has 1 aliphatic heterocycles. The number of rotatable bonds is 5. The number of methoxy groups -OCH3 is 2. The van der Waals surface area contributed by atoms with E-state index in [1.165, 1.54) is 0 Å². The van der Waals surface area contributed by atoms with Crippen molar-refractivity contribution in [2.24, 2.45) is 0 Å². The summed E-state index contributed by atoms with van der Waals surface area (Å²) in [7, 11) is 3.28. The van der Waals surface area contributed by atoms with E-state index in [0.717, 1.165) is 28.5 Å². The van der Waals surface area contributed by atoms with E-state index < -0.39 is 0 Å². The first-order chi connectivity index (χ1) is 13.6. The second-order valence-electron chi connectivity index (χ2n) is 6.63. The van der Waals surface area contributed by atoms with Gasteiger partial charge in [-0.25, -0.2) is 0 Å². The van der Waals surface area contributed by atoms with Crippen LogP contribution in [0.1, 0.15) is 29.2 Å². The highest BCUT2D eigenvalue weighted by molar-refractivity contribution is 7.80. The lowest BCUT2D eigenvalue weighted by Gasteiger charge is -2.28. The van der Waals surface area contributed by atoms with Gasteiger partial charge in [0.05, 0.1) is 31.6 Å². The Bertz CT molecular complexity index is 989. The van der Waals surface area contributed by atoms with Gasteiger partial charge in [0, 0.05) is 23.7 Å². The number of ether oxygens (including phenoxy) is 2. The van der Waals surface area contributed by atoms with E-state index in [1.54, 1.807) is 20.4 Å². The van der Waals surface area contributed by atoms with Crippen molar-refractivity contribution in [1.82, 2.24) is 15.3 Å². The molecule has 2 atom stereocenters. The average molecular weight is 395 g/mol. The summed E-state index contributed by atoms with van der Waals surface area (Å²) in [5.41, 5.74) is 3.95. The molecule has 0 amide bonds. The Morgan fingerprint density at radius 3 is 2.57 bits per heavy atom. The Morgan fingerprint density at radius 1 is 1.07 bits per heavy atom. The lowest BCUT2D eigenvalue weighted by Crippen LogP contribution is -2.30. The maximum absolute atomic E-state index is 5.74. The van der Waals surface area contributed by atoms with Gasteiger partial charge in [-0.05, 0) is 55.5 Å². The highest BCUT2D eigenvalue weighted by atomic mass is 32.1. The zero-order valence-corrected chi connectivity index (χ0v) is 16.8. The monoisotopic (exact) mass is 394 g/mol. The Labute approximate surface area is 169 Å². The zero-order chi connectivity index (χ0) is 19.7. The molecule has 3 heterocycles. The fraction of sp³-hybridized carbons (Fsp3) is 0.238. The zero-order valence-electron chi connectivity index (χ0n) is 16.0. The summed E-state index contributed by atoms with van der Waals surface area (Å²) in [5, 5.41) is 4.07. The minimum atomic E-state index is -0.0987. The molecule has 0 spiro atoms. The van der Waals surface area contributed by atoms with Gasteiger partial charge in [-0.15, -0.1) is 0 Å². The maximum Gasteiger partial charge on any atom is 0.174 e. The van der Waals surface area contributed by atoms with Crippen LogP contribution >= 0.6 is 12.2 Å². The van der Waals surface area contributed by atoms with Gasteiger partial charge in [0.25, 0.3) is 0 Å². The molecule has 7 heteroatoms. The molecule has 0 unspecified atom stereocenters. The first-order valence-corrected chi connectivity index (χ1v) is 9.41. The van der Waals surface area contributed by atoms with Crippen LogP contribution in [0.3, 0.4) is 0 Å². The Hall–Kier alpha value is -3.06. The fourth-order valence-electron chi connectivity index (χ4n) is 3.61. The van der Waals surface area contributed by atoms with Gasteiger partial charge < -0.3 is 24.7 Å². The number of nitrogens with zero attached hydrogens (tertiary/aromatic N) is 2. The van der Waals surface area contributed by atoms with Gasteiger partial charge in [0.15, 0.2) is 5.11 Å². The molecule has 0 bridgehead atoms. The predicted molar refractivity (Wildman–Crippen MR) is 113 cm³/mol. The first-order valence-electron chi connectivity index (χ1n) is 9.00. The molecule has 6 nitrogen and oxygen atoms in total. The number of nitrogens with one attached hydrogen (secondary N) is 2. The number of thiocarbonyl (C=S) groups is 1. The van der Waals surface area contributed by atoms with Crippen molar-refractivity contribution in [3.63, 3.8) is 0 Å². The van der Waals surface area contributed by atoms with Gasteiger partial charge in [0.2, 0.25) is 0 Å². The third kappa shape index (κ3) is 3.18. The smallest absolute Gasteiger partial charge is 0.174 e. The van der Waals surface area contributed by atoms with Crippen molar-refractivity contribution in [2.45, 2.75) is 19.0 Å². The Kier molecular flexibility index (Phi) is 4.92. The molecule has 3 aromatic rings. The minimum Gasteiger partial charge on any atom is -0.497 e. The maximum atomic E-state index is 5.74. The van der Waals surface area contributed by atoms with Crippen molar-refractivity contribution < 1.29 is 9.47 Å². The SMILES string of the molecule is COc1ccc(N2C(=S)N[C@@H](c3ccccn3)[C@H]2c2ccc(C)[nH]2)c(OC)c1. The number of pyridine rings is 1. The summed E-state index contributed by atoms with van der Waals surface area (Å²) in [6, 6.07) is 15.6. The van der Waals surface area contributed by atoms with Crippen LogP contribution < -0.4 is 19.7 Å². The highest BCUT2D eigenvalue weighted by Gasteiger charge is 2.42. The largest absolute Gasteiger partial charge is 0.497 e. The first kappa shape index (κ1) is 18.3. The van der Waals surface area contributed by atoms with Crippen LogP contribution in [0.5, 0.6) is 11.5 Å². The van der Waals surface area contributed by atoms with E-state index in [-0.39, 0.29) is 12.1 Å². The lowest BCUT2D eigenvalue weighted by atomic mass is 10.0. The molecule has 2 N–H and O–H groups in total. The molecule has 4 rings (SSSR count). The van der Waals surface area contributed by atoms with Crippen LogP contribution in [0.2, 0.25) is 0 Å². The number of H-pyrrole nitrogens is 1. The standard InChI is InChI=1S/C21H22N4O2S/c1-13-7-9-16(23-13)20-19(15-6-4-5-11-22-15)24-21(28)25(20)17-10-8-14(26-2)12-18(17)27-3/h4-12,19-20,23H,1-3H3,(H,24,28)/t19-,20+/m0/s1. The summed E-state index contributed by atoms with van der Waals surface area (Å²) >= 11 is 5.74. The van der Waals surface area contributed by atoms with Crippen LogP contribution in [-0.2, 0) is 0 Å². The van der Waals surface area contributed by atoms with Crippen LogP contribution in [0.15, 0.2) is 54.7 Å². The van der Waals surface area contributed by atoms with Crippen molar-refractivity contribution in [3.05, 3.63) is 71.8 Å². The van der Waals surface area contributed by atoms with Crippen LogP contribution in [0, 0.1) is 6.92 Å². The van der Waals surface area contributed by atoms with Crippen molar-refractivity contribution >= 4 is 23.0 Å². The van der Waals surface area contributed by atoms with E-state index in [1.807, 2.05) is 43.3 Å². The summed E-state index contributed by atoms with van der Waals surface area (Å²) < 4.78 is 11.0. The third-order valence-corrected chi connectivity index (χ3v) is 5.23. The second-order valence-corrected chi connectivity index (χ2v) is 7.02. The Morgan fingerprint density at radius 2 is 1.93 bits per heavy atom. The molecule has 0 aliphatic carbocycles. The van der Waals surface area contributed by atoms with E-state index in [9.17, 15) is 0 Å². The summed E-state index contributed by atoms with van der Waals surface area (Å²) in [6.45, 7) is 2.04. The number of anilines is 1. The molecule has 1 saturated heterocycles. The van der Waals surface area contributed by atoms with Crippen molar-refractivity contribution in [3.8, 4) is 11.5 Å². The van der Waals surface area contributed by atoms with Crippen LogP contribution in [-0.4, -0.2) is 29.3 Å². The molecular formula is C21H22N4O2S. The minimum absolute atomic E-state index is 0.0986. The van der Waals surface area contributed by atoms with Gasteiger partial charge in [-0.3, -0.25) is 4.98 Å². The number of benzene rings is 1. The van der Waals surface area contributed by atoms with Gasteiger partial charge in [0.1, 0.15) is 17.5 Å². The predicted octanol–water partition coefficient (Wildman–Crippen LogP) is 3.91. The van der Waals surface area contributed by atoms with Crippen LogP contribution in [0.4, 0.5) is 5.69 Å². The van der Waals surface area contributed by atoms with Gasteiger partial charge >= 0.3 is 0 Å². The molecule has 1 aliphatic rings. The molecule has 28 heavy (non-hydrogen) atoms. The molecular weight excluding hydrogens is 372 g/mol. The summed E-state index contributed by atoms with van der Waals surface area (Å²) in [6.07, 6.45) is 1.80. The number of aromatic nitrogens is 2. The van der Waals surface area contributed by atoms with Crippen molar-refractivity contribution in [1.29, 1.82) is 0 Å². The van der Waals surface area contributed by atoms with E-state index in [2.05, 4.69) is 32.3 Å². The summed E-state index contributed by atoms with van der Waals surface area (Å²) in [4.78, 5) is 10.1. The lowest BCUT2D eigenvalue weighted by molar-refractivity contribution is 0.394. The molecule has 1 aromatic carbocycles. The molecule has 0 radical (unpaired) electrons. The number of aromatic amines is 1. The normalized spacial score (nSPS) is 18.8. The third-order valence-electron chi connectivity index (χ3n) is 4.92. The van der Waals surface area contributed by atoms with Gasteiger partial charge in [-0.2, -0.15) is 0 Å². The number of hydrogen-bond acceptors (Lipinski definition) is 4. The quantitative estimate of drug-likeness (QED) is 0.640. The molecule has 0 saturated carbocycles. The van der Waals surface area contributed by atoms with Crippen LogP contribution in [0.25, 0.3) is 0 Å². The van der Waals surface area contributed by atoms with E-state index in [0.29, 0.717) is 10.9 Å². The number of aryl methyl sites for hydroxylation is 1. The van der Waals surface area contributed by atoms with E-state index in [4.69, 9.17) is 21.7 Å². The number of hydrogen-bond donors (Lipinski definition) is 2. The molecule has 144 valence electrons. The molecule has 1 fully saturated rings. The fourth-order valence-corrected chi connectivity index (χ4v) is 3.95. The average Bonchev–Trinajstić information content (AvgIpc) is 3.30. The van der Waals surface area contributed by atoms with Gasteiger partial charge in [-0.1, -0.05) is 6.07 Å². The Balaban J connectivity index is 1.84. The topological polar surface area (TPSA) is 62.4 Å². The molecule has 2 aromatic heterocycles. The van der Waals surface area contributed by atoms with E-state index >= 15 is 0 Å². The highest BCUT2D eigenvalue weighted by Crippen LogP contribution is 2.44. The second kappa shape index (κ2) is 7.52. The summed E-state index contributed by atoms with van der Waals surface area (Å²) in [5.74, 6) is 1.42.